The van der Waals surface area contributed by atoms with Crippen LogP contribution in [0.3, 0.4) is 0 Å². The number of hydrogen-bond acceptors (Lipinski definition) is 2. The van der Waals surface area contributed by atoms with E-state index in [1.54, 1.807) is 0 Å². The summed E-state index contributed by atoms with van der Waals surface area (Å²) in [4.78, 5) is 4.73. The third-order valence-corrected chi connectivity index (χ3v) is 4.39. The van der Waals surface area contributed by atoms with Gasteiger partial charge in [-0.1, -0.05) is 11.6 Å². The highest BCUT2D eigenvalue weighted by Crippen LogP contribution is 2.33. The Morgan fingerprint density at radius 3 is 3.00 bits per heavy atom. The zero-order valence-corrected chi connectivity index (χ0v) is 13.0. The van der Waals surface area contributed by atoms with Crippen molar-refractivity contribution >= 4 is 34.2 Å². The van der Waals surface area contributed by atoms with Gasteiger partial charge in [-0.05, 0) is 38.0 Å². The summed E-state index contributed by atoms with van der Waals surface area (Å²) in [5.41, 5.74) is 1.98. The molecular weight excluding hydrogens is 295 g/mol. The Morgan fingerprint density at radius 2 is 2.30 bits per heavy atom. The van der Waals surface area contributed by atoms with Gasteiger partial charge in [0.1, 0.15) is 5.82 Å². The second kappa shape index (κ2) is 5.55. The van der Waals surface area contributed by atoms with Crippen LogP contribution in [0.1, 0.15) is 25.6 Å². The van der Waals surface area contributed by atoms with Gasteiger partial charge in [-0.2, -0.15) is 0 Å². The molecule has 0 spiro atoms. The molecule has 1 unspecified atom stereocenters. The van der Waals surface area contributed by atoms with Crippen molar-refractivity contribution < 1.29 is 4.74 Å². The summed E-state index contributed by atoms with van der Waals surface area (Å²) in [5.74, 6) is 1.58. The molecule has 1 aliphatic rings. The largest absolute Gasteiger partial charge is 0.379 e. The first-order chi connectivity index (χ1) is 9.64. The van der Waals surface area contributed by atoms with Crippen molar-refractivity contribution in [1.82, 2.24) is 9.55 Å². The van der Waals surface area contributed by atoms with Gasteiger partial charge in [0.15, 0.2) is 0 Å². The van der Waals surface area contributed by atoms with Crippen molar-refractivity contribution in [3.8, 4) is 0 Å². The molecule has 0 amide bonds. The topological polar surface area (TPSA) is 27.1 Å². The van der Waals surface area contributed by atoms with E-state index in [0.717, 1.165) is 47.7 Å². The lowest BCUT2D eigenvalue weighted by Crippen LogP contribution is -2.40. The number of fused-ring (bicyclic) bond motifs is 1. The van der Waals surface area contributed by atoms with Crippen molar-refractivity contribution in [2.75, 3.05) is 19.1 Å². The van der Waals surface area contributed by atoms with E-state index >= 15 is 0 Å². The van der Waals surface area contributed by atoms with E-state index in [-0.39, 0.29) is 5.54 Å². The molecule has 1 saturated heterocycles. The first kappa shape index (κ1) is 14.2. The second-order valence-electron chi connectivity index (χ2n) is 5.59. The predicted octanol–water partition coefficient (Wildman–Crippen LogP) is 4.00. The van der Waals surface area contributed by atoms with Gasteiger partial charge in [-0.3, -0.25) is 0 Å². The monoisotopic (exact) mass is 312 g/mol. The minimum absolute atomic E-state index is 0.0704. The van der Waals surface area contributed by atoms with E-state index in [1.165, 1.54) is 0 Å². The van der Waals surface area contributed by atoms with Crippen LogP contribution in [0.5, 0.6) is 0 Å². The van der Waals surface area contributed by atoms with Crippen LogP contribution in [-0.2, 0) is 16.7 Å². The maximum atomic E-state index is 6.16. The highest BCUT2D eigenvalue weighted by Gasteiger charge is 2.33. The van der Waals surface area contributed by atoms with Crippen molar-refractivity contribution in [2.45, 2.75) is 31.7 Å². The number of halogens is 2. The van der Waals surface area contributed by atoms with Gasteiger partial charge >= 0.3 is 0 Å². The number of aryl methyl sites for hydroxylation is 1. The summed E-state index contributed by atoms with van der Waals surface area (Å²) in [6.45, 7) is 3.78. The summed E-state index contributed by atoms with van der Waals surface area (Å²) in [6, 6.07) is 5.84. The summed E-state index contributed by atoms with van der Waals surface area (Å²) in [6.07, 6.45) is 2.90. The molecule has 20 heavy (non-hydrogen) atoms. The molecule has 1 aromatic heterocycles. The minimum atomic E-state index is -0.0704. The Balaban J connectivity index is 2.19. The second-order valence-corrected chi connectivity index (χ2v) is 6.40. The van der Waals surface area contributed by atoms with Gasteiger partial charge in [0.05, 0.1) is 23.2 Å². The standard InChI is InChI=1S/C15H18Cl2N2O/c1-15(6-2-8-20-10-15)19-13-9-11(17)3-4-12(13)18-14(19)5-7-16/h3-4,9H,2,5-8,10H2,1H3. The average molecular weight is 313 g/mol. The van der Waals surface area contributed by atoms with Gasteiger partial charge in [-0.15, -0.1) is 11.6 Å². The molecule has 3 nitrogen and oxygen atoms in total. The number of ether oxygens (including phenoxy) is 1. The molecule has 1 aromatic carbocycles. The predicted molar refractivity (Wildman–Crippen MR) is 82.9 cm³/mol. The van der Waals surface area contributed by atoms with Crippen LogP contribution in [-0.4, -0.2) is 28.6 Å². The molecule has 2 aromatic rings. The Morgan fingerprint density at radius 1 is 1.45 bits per heavy atom. The number of rotatable bonds is 3. The lowest BCUT2D eigenvalue weighted by molar-refractivity contribution is 0.0102. The first-order valence-corrected chi connectivity index (χ1v) is 7.86. The lowest BCUT2D eigenvalue weighted by Gasteiger charge is -2.36. The Bertz CT molecular complexity index is 618. The molecule has 3 rings (SSSR count). The molecule has 0 bridgehead atoms. The zero-order valence-electron chi connectivity index (χ0n) is 11.5. The Labute approximate surface area is 128 Å². The molecule has 1 fully saturated rings. The van der Waals surface area contributed by atoms with Crippen LogP contribution in [0.15, 0.2) is 18.2 Å². The fourth-order valence-corrected chi connectivity index (χ4v) is 3.38. The fraction of sp³-hybridized carbons (Fsp3) is 0.533. The normalized spacial score (nSPS) is 23.4. The van der Waals surface area contributed by atoms with E-state index in [1.807, 2.05) is 18.2 Å². The number of nitrogens with zero attached hydrogens (tertiary/aromatic N) is 2. The third-order valence-electron chi connectivity index (χ3n) is 3.96. The molecule has 0 aliphatic carbocycles. The van der Waals surface area contributed by atoms with Crippen LogP contribution >= 0.6 is 23.2 Å². The Kier molecular flexibility index (Phi) is 3.93. The SMILES string of the molecule is CC1(n2c(CCCl)nc3ccc(Cl)cc32)CCCOC1. The molecule has 0 radical (unpaired) electrons. The molecular formula is C15H18Cl2N2O. The average Bonchev–Trinajstić information content (AvgIpc) is 2.78. The minimum Gasteiger partial charge on any atom is -0.379 e. The van der Waals surface area contributed by atoms with Crippen LogP contribution in [0, 0.1) is 0 Å². The summed E-state index contributed by atoms with van der Waals surface area (Å²) in [7, 11) is 0. The van der Waals surface area contributed by atoms with Crippen molar-refractivity contribution in [3.63, 3.8) is 0 Å². The van der Waals surface area contributed by atoms with E-state index in [0.29, 0.717) is 12.5 Å². The highest BCUT2D eigenvalue weighted by atomic mass is 35.5. The van der Waals surface area contributed by atoms with E-state index < -0.39 is 0 Å². The molecule has 0 saturated carbocycles. The molecule has 0 N–H and O–H groups in total. The van der Waals surface area contributed by atoms with Gasteiger partial charge in [0.2, 0.25) is 0 Å². The summed E-state index contributed by atoms with van der Waals surface area (Å²) in [5, 5.41) is 0.733. The number of benzene rings is 1. The molecule has 1 aliphatic heterocycles. The van der Waals surface area contributed by atoms with E-state index in [9.17, 15) is 0 Å². The van der Waals surface area contributed by atoms with Crippen LogP contribution in [0.2, 0.25) is 5.02 Å². The van der Waals surface area contributed by atoms with Gasteiger partial charge < -0.3 is 9.30 Å². The van der Waals surface area contributed by atoms with Gasteiger partial charge in [0, 0.05) is 23.9 Å². The Hall–Kier alpha value is -0.770. The van der Waals surface area contributed by atoms with Crippen molar-refractivity contribution in [2.24, 2.45) is 0 Å². The molecule has 108 valence electrons. The number of aromatic nitrogens is 2. The van der Waals surface area contributed by atoms with Gasteiger partial charge in [0.25, 0.3) is 0 Å². The highest BCUT2D eigenvalue weighted by molar-refractivity contribution is 6.31. The van der Waals surface area contributed by atoms with E-state index in [2.05, 4.69) is 11.5 Å². The number of imidazole rings is 1. The third kappa shape index (κ3) is 2.43. The molecule has 5 heteroatoms. The first-order valence-electron chi connectivity index (χ1n) is 6.95. The summed E-state index contributed by atoms with van der Waals surface area (Å²) < 4.78 is 7.99. The van der Waals surface area contributed by atoms with Crippen molar-refractivity contribution in [3.05, 3.63) is 29.0 Å². The zero-order chi connectivity index (χ0) is 14.2. The fourth-order valence-electron chi connectivity index (χ4n) is 3.05. The summed E-state index contributed by atoms with van der Waals surface area (Å²) >= 11 is 12.1. The van der Waals surface area contributed by atoms with Gasteiger partial charge in [-0.25, -0.2) is 4.98 Å². The van der Waals surface area contributed by atoms with Crippen molar-refractivity contribution in [1.29, 1.82) is 0 Å². The quantitative estimate of drug-likeness (QED) is 0.801. The van der Waals surface area contributed by atoms with Crippen LogP contribution in [0.4, 0.5) is 0 Å². The lowest BCUT2D eigenvalue weighted by atomic mass is 9.94. The van der Waals surface area contributed by atoms with E-state index in [4.69, 9.17) is 32.9 Å². The number of alkyl halides is 1. The van der Waals surface area contributed by atoms with Crippen LogP contribution < -0.4 is 0 Å². The maximum absolute atomic E-state index is 6.16. The molecule has 2 heterocycles. The molecule has 1 atom stereocenters. The number of hydrogen-bond donors (Lipinski definition) is 0. The van der Waals surface area contributed by atoms with Crippen LogP contribution in [0.25, 0.3) is 11.0 Å². The smallest absolute Gasteiger partial charge is 0.111 e. The maximum Gasteiger partial charge on any atom is 0.111 e.